The standard InChI is InChI=1S/C16H18N2O3/c1-16(2,3)11-6-8-12(9-7-11)17-15(20)18-14(19)13-5-4-10-21-13/h4-10H,1-3H3,(H2,17,18,19,20). The normalized spacial score (nSPS) is 11.0. The van der Waals surface area contributed by atoms with Crippen molar-refractivity contribution in [2.75, 3.05) is 5.32 Å². The number of hydrogen-bond donors (Lipinski definition) is 2. The van der Waals surface area contributed by atoms with Crippen LogP contribution in [-0.4, -0.2) is 11.9 Å². The first kappa shape index (κ1) is 14.8. The van der Waals surface area contributed by atoms with Crippen molar-refractivity contribution < 1.29 is 14.0 Å². The van der Waals surface area contributed by atoms with E-state index in [1.165, 1.54) is 17.9 Å². The second kappa shape index (κ2) is 5.83. The number of carbonyl (C=O) groups is 2. The molecule has 0 fully saturated rings. The Morgan fingerprint density at radius 2 is 1.71 bits per heavy atom. The van der Waals surface area contributed by atoms with Crippen molar-refractivity contribution in [1.82, 2.24) is 5.32 Å². The lowest BCUT2D eigenvalue weighted by Gasteiger charge is -2.19. The third-order valence-corrected chi connectivity index (χ3v) is 2.98. The first-order valence-electron chi connectivity index (χ1n) is 6.62. The molecule has 2 rings (SSSR count). The first-order chi connectivity index (χ1) is 9.86. The van der Waals surface area contributed by atoms with Crippen molar-refractivity contribution >= 4 is 17.6 Å². The molecule has 110 valence electrons. The zero-order valence-corrected chi connectivity index (χ0v) is 12.3. The lowest BCUT2D eigenvalue weighted by atomic mass is 9.87. The number of nitrogens with one attached hydrogen (secondary N) is 2. The van der Waals surface area contributed by atoms with Gasteiger partial charge in [0.15, 0.2) is 5.76 Å². The second-order valence-electron chi connectivity index (χ2n) is 5.71. The van der Waals surface area contributed by atoms with Crippen LogP contribution in [0.4, 0.5) is 10.5 Å². The van der Waals surface area contributed by atoms with Gasteiger partial charge < -0.3 is 9.73 Å². The average molecular weight is 286 g/mol. The van der Waals surface area contributed by atoms with Gasteiger partial charge in [-0.2, -0.15) is 0 Å². The lowest BCUT2D eigenvalue weighted by molar-refractivity contribution is 0.0940. The summed E-state index contributed by atoms with van der Waals surface area (Å²) in [6.45, 7) is 6.35. The first-order valence-corrected chi connectivity index (χ1v) is 6.62. The number of imide groups is 1. The SMILES string of the molecule is CC(C)(C)c1ccc(NC(=O)NC(=O)c2ccco2)cc1. The Bertz CT molecular complexity index is 623. The molecule has 0 aliphatic heterocycles. The highest BCUT2D eigenvalue weighted by Gasteiger charge is 2.14. The summed E-state index contributed by atoms with van der Waals surface area (Å²) >= 11 is 0. The molecule has 0 atom stereocenters. The van der Waals surface area contributed by atoms with Gasteiger partial charge in [0.1, 0.15) is 0 Å². The van der Waals surface area contributed by atoms with Crippen LogP contribution in [0.1, 0.15) is 36.9 Å². The molecular formula is C16H18N2O3. The van der Waals surface area contributed by atoms with Crippen molar-refractivity contribution in [3.63, 3.8) is 0 Å². The molecule has 2 N–H and O–H groups in total. The molecular weight excluding hydrogens is 268 g/mol. The van der Waals surface area contributed by atoms with Crippen molar-refractivity contribution in [3.8, 4) is 0 Å². The number of rotatable bonds is 2. The van der Waals surface area contributed by atoms with Gasteiger partial charge in [-0.1, -0.05) is 32.9 Å². The molecule has 0 radical (unpaired) electrons. The molecule has 21 heavy (non-hydrogen) atoms. The molecule has 0 bridgehead atoms. The van der Waals surface area contributed by atoms with Gasteiger partial charge in [-0.05, 0) is 35.2 Å². The lowest BCUT2D eigenvalue weighted by Crippen LogP contribution is -2.34. The molecule has 5 heteroatoms. The summed E-state index contributed by atoms with van der Waals surface area (Å²) in [5.74, 6) is -0.489. The Morgan fingerprint density at radius 3 is 2.24 bits per heavy atom. The van der Waals surface area contributed by atoms with Crippen molar-refractivity contribution in [3.05, 3.63) is 54.0 Å². The van der Waals surface area contributed by atoms with Crippen molar-refractivity contribution in [1.29, 1.82) is 0 Å². The molecule has 3 amide bonds. The molecule has 0 aliphatic carbocycles. The Labute approximate surface area is 123 Å². The van der Waals surface area contributed by atoms with Gasteiger partial charge in [0.2, 0.25) is 0 Å². The van der Waals surface area contributed by atoms with Gasteiger partial charge in [-0.3, -0.25) is 10.1 Å². The van der Waals surface area contributed by atoms with E-state index in [0.29, 0.717) is 5.69 Å². The molecule has 0 saturated carbocycles. The van der Waals surface area contributed by atoms with Gasteiger partial charge in [0.05, 0.1) is 6.26 Å². The number of carbonyl (C=O) groups excluding carboxylic acids is 2. The Balaban J connectivity index is 1.95. The van der Waals surface area contributed by atoms with E-state index in [2.05, 4.69) is 31.4 Å². The molecule has 1 heterocycles. The van der Waals surface area contributed by atoms with Crippen LogP contribution in [-0.2, 0) is 5.41 Å². The van der Waals surface area contributed by atoms with Crippen LogP contribution < -0.4 is 10.6 Å². The maximum atomic E-state index is 11.7. The van der Waals surface area contributed by atoms with Crippen LogP contribution in [0.25, 0.3) is 0 Å². The molecule has 1 aromatic carbocycles. The van der Waals surface area contributed by atoms with E-state index in [1.807, 2.05) is 12.1 Å². The van der Waals surface area contributed by atoms with Gasteiger partial charge in [-0.25, -0.2) is 4.79 Å². The predicted octanol–water partition coefficient (Wildman–Crippen LogP) is 3.54. The minimum Gasteiger partial charge on any atom is -0.459 e. The highest BCUT2D eigenvalue weighted by atomic mass is 16.3. The van der Waals surface area contributed by atoms with Crippen molar-refractivity contribution in [2.24, 2.45) is 0 Å². The van der Waals surface area contributed by atoms with Crippen LogP contribution in [0.15, 0.2) is 47.1 Å². The van der Waals surface area contributed by atoms with E-state index in [9.17, 15) is 9.59 Å². The molecule has 5 nitrogen and oxygen atoms in total. The van der Waals surface area contributed by atoms with Crippen LogP contribution in [0.5, 0.6) is 0 Å². The number of anilines is 1. The van der Waals surface area contributed by atoms with Gasteiger partial charge in [0, 0.05) is 5.69 Å². The fourth-order valence-corrected chi connectivity index (χ4v) is 1.79. The summed E-state index contributed by atoms with van der Waals surface area (Å²) < 4.78 is 4.91. The van der Waals surface area contributed by atoms with Gasteiger partial charge in [-0.15, -0.1) is 0 Å². The maximum Gasteiger partial charge on any atom is 0.326 e. The summed E-state index contributed by atoms with van der Waals surface area (Å²) in [7, 11) is 0. The highest BCUT2D eigenvalue weighted by molar-refractivity contribution is 6.06. The van der Waals surface area contributed by atoms with E-state index >= 15 is 0 Å². The zero-order chi connectivity index (χ0) is 15.5. The van der Waals surface area contributed by atoms with E-state index < -0.39 is 11.9 Å². The van der Waals surface area contributed by atoms with Gasteiger partial charge in [0.25, 0.3) is 5.91 Å². The smallest absolute Gasteiger partial charge is 0.326 e. The van der Waals surface area contributed by atoms with E-state index in [-0.39, 0.29) is 11.2 Å². The summed E-state index contributed by atoms with van der Waals surface area (Å²) in [6, 6.07) is 9.97. The summed E-state index contributed by atoms with van der Waals surface area (Å²) in [4.78, 5) is 23.3. The Morgan fingerprint density at radius 1 is 1.05 bits per heavy atom. The number of amides is 3. The van der Waals surface area contributed by atoms with Crippen LogP contribution in [0.2, 0.25) is 0 Å². The fraction of sp³-hybridized carbons (Fsp3) is 0.250. The Kier molecular flexibility index (Phi) is 4.12. The monoisotopic (exact) mass is 286 g/mol. The van der Waals surface area contributed by atoms with E-state index in [0.717, 1.165) is 0 Å². The van der Waals surface area contributed by atoms with Gasteiger partial charge >= 0.3 is 6.03 Å². The molecule has 0 spiro atoms. The van der Waals surface area contributed by atoms with Crippen LogP contribution in [0.3, 0.4) is 0 Å². The third-order valence-electron chi connectivity index (χ3n) is 2.98. The predicted molar refractivity (Wildman–Crippen MR) is 80.3 cm³/mol. The molecule has 0 saturated heterocycles. The van der Waals surface area contributed by atoms with Crippen LogP contribution in [0, 0.1) is 0 Å². The number of urea groups is 1. The highest BCUT2D eigenvalue weighted by Crippen LogP contribution is 2.23. The summed E-state index contributed by atoms with van der Waals surface area (Å²) in [6.07, 6.45) is 1.37. The average Bonchev–Trinajstić information content (AvgIpc) is 2.92. The summed E-state index contributed by atoms with van der Waals surface area (Å²) in [5, 5.41) is 4.79. The maximum absolute atomic E-state index is 11.7. The van der Waals surface area contributed by atoms with Crippen molar-refractivity contribution in [2.45, 2.75) is 26.2 Å². The quantitative estimate of drug-likeness (QED) is 0.887. The summed E-state index contributed by atoms with van der Waals surface area (Å²) in [5.41, 5.74) is 1.84. The number of benzene rings is 1. The fourth-order valence-electron chi connectivity index (χ4n) is 1.79. The largest absolute Gasteiger partial charge is 0.459 e. The number of hydrogen-bond acceptors (Lipinski definition) is 3. The molecule has 2 aromatic rings. The van der Waals surface area contributed by atoms with Crippen LogP contribution >= 0.6 is 0 Å². The molecule has 0 aliphatic rings. The minimum atomic E-state index is -0.597. The third kappa shape index (κ3) is 3.95. The Hall–Kier alpha value is -2.56. The topological polar surface area (TPSA) is 71.3 Å². The van der Waals surface area contributed by atoms with E-state index in [4.69, 9.17) is 4.42 Å². The zero-order valence-electron chi connectivity index (χ0n) is 12.3. The van der Waals surface area contributed by atoms with E-state index in [1.54, 1.807) is 18.2 Å². The second-order valence-corrected chi connectivity index (χ2v) is 5.71. The molecule has 1 aromatic heterocycles. The molecule has 0 unspecified atom stereocenters. The number of furan rings is 1. The minimum absolute atomic E-state index is 0.0516.